The van der Waals surface area contributed by atoms with Gasteiger partial charge in [-0.05, 0) is 63.6 Å². The molecule has 0 unspecified atom stereocenters. The molecular weight excluding hydrogens is 540 g/mol. The van der Waals surface area contributed by atoms with Crippen molar-refractivity contribution in [3.8, 4) is 0 Å². The van der Waals surface area contributed by atoms with Crippen LogP contribution in [0.25, 0.3) is 0 Å². The molecule has 236 valence electrons. The first-order chi connectivity index (χ1) is 19.7. The van der Waals surface area contributed by atoms with E-state index in [0.29, 0.717) is 37.9 Å². The number of hydrogen-bond donors (Lipinski definition) is 3. The molecule has 1 aliphatic rings. The smallest absolute Gasteiger partial charge is 0.311 e. The van der Waals surface area contributed by atoms with E-state index < -0.39 is 29.3 Å². The average molecular weight is 591 g/mol. The monoisotopic (exact) mass is 590 g/mol. The Hall–Kier alpha value is -4.02. The third kappa shape index (κ3) is 10.4. The minimum absolute atomic E-state index is 0. The maximum atomic E-state index is 12.9. The Kier molecular flexibility index (Phi) is 12.9. The first kappa shape index (κ1) is 34.2. The molecule has 1 aromatic rings. The van der Waals surface area contributed by atoms with Gasteiger partial charge in [0.05, 0.1) is 5.41 Å². The van der Waals surface area contributed by atoms with Gasteiger partial charge in [-0.2, -0.15) is 0 Å². The van der Waals surface area contributed by atoms with Gasteiger partial charge in [-0.25, -0.2) is 0 Å². The Balaban J connectivity index is 0. The molecule has 1 heterocycles. The number of rotatable bonds is 16. The molecule has 0 bridgehead atoms. The summed E-state index contributed by atoms with van der Waals surface area (Å²) >= 11 is 0. The van der Waals surface area contributed by atoms with Crippen LogP contribution in [0.1, 0.15) is 83.5 Å². The van der Waals surface area contributed by atoms with Gasteiger partial charge in [0.2, 0.25) is 17.7 Å². The van der Waals surface area contributed by atoms with E-state index in [1.807, 2.05) is 20.8 Å². The van der Waals surface area contributed by atoms with Crippen LogP contribution in [0.15, 0.2) is 36.4 Å². The number of amides is 5. The summed E-state index contributed by atoms with van der Waals surface area (Å²) in [6.07, 6.45) is 5.11. The number of nitrogens with zero attached hydrogens (tertiary/aromatic N) is 1. The van der Waals surface area contributed by atoms with Crippen LogP contribution in [-0.4, -0.2) is 59.0 Å². The Morgan fingerprint density at radius 2 is 1.52 bits per heavy atom. The third-order valence-corrected chi connectivity index (χ3v) is 7.23. The summed E-state index contributed by atoms with van der Waals surface area (Å²) in [6, 6.07) is 5.19. The van der Waals surface area contributed by atoms with Gasteiger partial charge in [0.25, 0.3) is 11.8 Å². The van der Waals surface area contributed by atoms with E-state index in [2.05, 4.69) is 16.0 Å². The lowest BCUT2D eigenvalue weighted by Crippen LogP contribution is -2.53. The Morgan fingerprint density at radius 1 is 0.905 bits per heavy atom. The van der Waals surface area contributed by atoms with Gasteiger partial charge < -0.3 is 20.7 Å². The first-order valence-corrected chi connectivity index (χ1v) is 14.5. The molecule has 0 spiro atoms. The highest BCUT2D eigenvalue weighted by Gasteiger charge is 2.28. The maximum Gasteiger partial charge on any atom is 0.311 e. The molecule has 11 heteroatoms. The molecular formula is C31H50N4O7. The lowest BCUT2D eigenvalue weighted by molar-refractivity contribution is -0.155. The van der Waals surface area contributed by atoms with Crippen molar-refractivity contribution >= 4 is 41.2 Å². The molecule has 0 saturated carbocycles. The highest BCUT2D eigenvalue weighted by Crippen LogP contribution is 2.22. The molecule has 1 aliphatic heterocycles. The second-order valence-electron chi connectivity index (χ2n) is 11.5. The second kappa shape index (κ2) is 15.8. The molecule has 2 rings (SSSR count). The summed E-state index contributed by atoms with van der Waals surface area (Å²) in [7, 11) is 0. The van der Waals surface area contributed by atoms with Crippen LogP contribution in [-0.2, 0) is 40.1 Å². The second-order valence-corrected chi connectivity index (χ2v) is 11.5. The van der Waals surface area contributed by atoms with E-state index >= 15 is 0 Å². The van der Waals surface area contributed by atoms with Gasteiger partial charge in [0.1, 0.15) is 18.7 Å². The number of ether oxygens (including phenoxy) is 1. The number of carbonyl (C=O) groups is 6. The molecule has 11 nitrogen and oxygen atoms in total. The van der Waals surface area contributed by atoms with E-state index in [9.17, 15) is 28.8 Å². The van der Waals surface area contributed by atoms with Gasteiger partial charge in [-0.15, -0.1) is 0 Å². The molecule has 0 aromatic heterocycles. The predicted octanol–water partition coefficient (Wildman–Crippen LogP) is 3.97. The van der Waals surface area contributed by atoms with Gasteiger partial charge in [0, 0.05) is 35.1 Å². The van der Waals surface area contributed by atoms with E-state index in [-0.39, 0.29) is 46.9 Å². The number of esters is 1. The summed E-state index contributed by atoms with van der Waals surface area (Å²) in [4.78, 5) is 74.6. The Morgan fingerprint density at radius 3 is 2.10 bits per heavy atom. The maximum absolute atomic E-state index is 12.9. The Labute approximate surface area is 252 Å². The van der Waals surface area contributed by atoms with E-state index in [4.69, 9.17) is 4.74 Å². The quantitative estimate of drug-likeness (QED) is 0.150. The average Bonchev–Trinajstić information content (AvgIpc) is 3.26. The number of carbonyl (C=O) groups excluding carboxylic acids is 6. The molecule has 1 aromatic carbocycles. The largest absolute Gasteiger partial charge is 0.460 e. The van der Waals surface area contributed by atoms with Crippen molar-refractivity contribution in [1.82, 2.24) is 15.5 Å². The SMILES string of the molecule is CCC(C)(C)C(=O)OCc1ccc(NC(=O)[C@@H](C)NC(=O)[C@H](NC(=O)CCCCCN2C(=O)C=CC2=O)C(C)C)cc1.[HH].[HH].[HH]. The predicted molar refractivity (Wildman–Crippen MR) is 164 cm³/mol. The van der Waals surface area contributed by atoms with Crippen LogP contribution in [0, 0.1) is 11.3 Å². The van der Waals surface area contributed by atoms with Crippen LogP contribution in [0.2, 0.25) is 0 Å². The molecule has 3 N–H and O–H groups in total. The van der Waals surface area contributed by atoms with E-state index in [0.717, 1.165) is 5.56 Å². The third-order valence-electron chi connectivity index (χ3n) is 7.23. The van der Waals surface area contributed by atoms with Gasteiger partial charge in [0.15, 0.2) is 0 Å². The summed E-state index contributed by atoms with van der Waals surface area (Å²) in [5.41, 5.74) is 0.747. The lowest BCUT2D eigenvalue weighted by Gasteiger charge is -2.24. The van der Waals surface area contributed by atoms with Crippen LogP contribution >= 0.6 is 0 Å². The fourth-order valence-corrected chi connectivity index (χ4v) is 3.96. The minimum atomic E-state index is -0.863. The van der Waals surface area contributed by atoms with Crippen LogP contribution in [0.3, 0.4) is 0 Å². The molecule has 0 saturated heterocycles. The molecule has 42 heavy (non-hydrogen) atoms. The topological polar surface area (TPSA) is 151 Å². The van der Waals surface area contributed by atoms with Crippen LogP contribution < -0.4 is 16.0 Å². The van der Waals surface area contributed by atoms with Crippen molar-refractivity contribution in [2.45, 2.75) is 92.3 Å². The highest BCUT2D eigenvalue weighted by molar-refractivity contribution is 6.12. The van der Waals surface area contributed by atoms with Crippen LogP contribution in [0.5, 0.6) is 0 Å². The number of benzene rings is 1. The summed E-state index contributed by atoms with van der Waals surface area (Å²) in [5.74, 6) is -2.32. The molecule has 0 aliphatic carbocycles. The normalized spacial score (nSPS) is 14.5. The zero-order valence-electron chi connectivity index (χ0n) is 25.5. The van der Waals surface area contributed by atoms with Crippen molar-refractivity contribution in [1.29, 1.82) is 0 Å². The summed E-state index contributed by atoms with van der Waals surface area (Å²) in [6.45, 7) is 11.2. The number of imide groups is 1. The van der Waals surface area contributed by atoms with E-state index in [1.165, 1.54) is 17.1 Å². The van der Waals surface area contributed by atoms with Gasteiger partial charge in [-0.3, -0.25) is 33.7 Å². The standard InChI is InChI=1S/C31H44N4O7.3H2/c1-7-31(5,6)30(41)42-19-22-12-14-23(15-13-22)33-28(39)21(4)32-29(40)27(20(2)3)34-24(36)11-9-8-10-18-35-25(37)16-17-26(35)38;;;/h12-17,20-21,27H,7-11,18-19H2,1-6H3,(H,32,40)(H,33,39)(H,34,36);3*1H/t21-,27-;;;/m1.../s1. The Bertz CT molecular complexity index is 1170. The molecule has 0 fully saturated rings. The van der Waals surface area contributed by atoms with E-state index in [1.54, 1.807) is 45.0 Å². The lowest BCUT2D eigenvalue weighted by atomic mass is 9.91. The zero-order valence-corrected chi connectivity index (χ0v) is 25.5. The highest BCUT2D eigenvalue weighted by atomic mass is 16.5. The fraction of sp³-hybridized carbons (Fsp3) is 0.548. The van der Waals surface area contributed by atoms with Crippen molar-refractivity contribution in [2.24, 2.45) is 11.3 Å². The van der Waals surface area contributed by atoms with Crippen molar-refractivity contribution in [2.75, 3.05) is 11.9 Å². The van der Waals surface area contributed by atoms with Crippen molar-refractivity contribution < 1.29 is 37.8 Å². The molecule has 0 radical (unpaired) electrons. The van der Waals surface area contributed by atoms with Gasteiger partial charge in [-0.1, -0.05) is 39.3 Å². The molecule has 2 atom stereocenters. The fourth-order valence-electron chi connectivity index (χ4n) is 3.96. The number of unbranched alkanes of at least 4 members (excludes halogenated alkanes) is 2. The summed E-state index contributed by atoms with van der Waals surface area (Å²) < 4.78 is 5.38. The first-order valence-electron chi connectivity index (χ1n) is 14.5. The minimum Gasteiger partial charge on any atom is -0.460 e. The summed E-state index contributed by atoms with van der Waals surface area (Å²) in [5, 5.41) is 8.16. The van der Waals surface area contributed by atoms with Crippen molar-refractivity contribution in [3.63, 3.8) is 0 Å². The molecule has 5 amide bonds. The zero-order chi connectivity index (χ0) is 31.4. The van der Waals surface area contributed by atoms with Crippen LogP contribution in [0.4, 0.5) is 5.69 Å². The number of hydrogen-bond acceptors (Lipinski definition) is 7. The number of nitrogens with one attached hydrogen (secondary N) is 3. The van der Waals surface area contributed by atoms with Gasteiger partial charge >= 0.3 is 5.97 Å². The van der Waals surface area contributed by atoms with Crippen molar-refractivity contribution in [3.05, 3.63) is 42.0 Å². The number of anilines is 1.